The predicted octanol–water partition coefficient (Wildman–Crippen LogP) is 4.46. The largest absolute Gasteiger partial charge is 0.495 e. The van der Waals surface area contributed by atoms with E-state index in [-0.39, 0.29) is 11.6 Å². The van der Waals surface area contributed by atoms with Crippen molar-refractivity contribution in [3.8, 4) is 5.75 Å². The zero-order valence-electron chi connectivity index (χ0n) is 12.0. The quantitative estimate of drug-likeness (QED) is 0.572. The van der Waals surface area contributed by atoms with Gasteiger partial charge in [-0.25, -0.2) is 9.79 Å². The molecule has 23 heavy (non-hydrogen) atoms. The van der Waals surface area contributed by atoms with Crippen LogP contribution in [-0.4, -0.2) is 19.0 Å². The molecule has 0 N–H and O–H groups in total. The lowest BCUT2D eigenvalue weighted by atomic mass is 10.1. The lowest BCUT2D eigenvalue weighted by Crippen LogP contribution is -2.05. The summed E-state index contributed by atoms with van der Waals surface area (Å²) in [6.07, 6.45) is 1.59. The number of aliphatic imine (C=N–C) groups is 1. The molecule has 0 spiro atoms. The van der Waals surface area contributed by atoms with Crippen molar-refractivity contribution < 1.29 is 14.3 Å². The molecular weight excluding hydrogens is 382 g/mol. The third-order valence-corrected chi connectivity index (χ3v) is 3.98. The number of halogens is 2. The first-order valence-corrected chi connectivity index (χ1v) is 7.86. The van der Waals surface area contributed by atoms with E-state index in [1.807, 2.05) is 30.3 Å². The molecule has 0 atom stereocenters. The highest BCUT2D eigenvalue weighted by Crippen LogP contribution is 2.34. The number of hydrogen-bond donors (Lipinski definition) is 0. The minimum Gasteiger partial charge on any atom is -0.495 e. The summed E-state index contributed by atoms with van der Waals surface area (Å²) < 4.78 is 11.3. The van der Waals surface area contributed by atoms with Gasteiger partial charge in [0, 0.05) is 16.1 Å². The first-order valence-electron chi connectivity index (χ1n) is 6.69. The minimum atomic E-state index is -0.512. The zero-order valence-corrected chi connectivity index (χ0v) is 14.4. The number of cyclic esters (lactones) is 1. The highest BCUT2D eigenvalue weighted by molar-refractivity contribution is 9.10. The van der Waals surface area contributed by atoms with Crippen LogP contribution in [0.25, 0.3) is 6.08 Å². The van der Waals surface area contributed by atoms with Gasteiger partial charge in [-0.05, 0) is 46.3 Å². The molecule has 0 unspecified atom stereocenters. The molecule has 1 aliphatic rings. The number of rotatable bonds is 3. The van der Waals surface area contributed by atoms with E-state index in [1.54, 1.807) is 25.3 Å². The average Bonchev–Trinajstić information content (AvgIpc) is 2.89. The van der Waals surface area contributed by atoms with Crippen LogP contribution >= 0.6 is 27.5 Å². The molecule has 2 aromatic carbocycles. The molecule has 0 aromatic heterocycles. The van der Waals surface area contributed by atoms with Crippen molar-refractivity contribution in [3.05, 3.63) is 68.8 Å². The molecular formula is C17H11BrClNO3. The van der Waals surface area contributed by atoms with Gasteiger partial charge in [0.05, 0.1) is 11.6 Å². The molecule has 4 nitrogen and oxygen atoms in total. The summed E-state index contributed by atoms with van der Waals surface area (Å²) in [6, 6.07) is 12.6. The lowest BCUT2D eigenvalue weighted by molar-refractivity contribution is -0.129. The van der Waals surface area contributed by atoms with Crippen LogP contribution in [0, 0.1) is 0 Å². The summed E-state index contributed by atoms with van der Waals surface area (Å²) in [5, 5.41) is 0.517. The summed E-state index contributed by atoms with van der Waals surface area (Å²) in [5.74, 6) is 0.335. The first-order chi connectivity index (χ1) is 11.1. The fourth-order valence-electron chi connectivity index (χ4n) is 2.16. The number of ether oxygens (including phenoxy) is 2. The van der Waals surface area contributed by atoms with Gasteiger partial charge in [0.15, 0.2) is 5.70 Å². The summed E-state index contributed by atoms with van der Waals surface area (Å²) in [7, 11) is 1.54. The third kappa shape index (κ3) is 3.30. The highest BCUT2D eigenvalue weighted by atomic mass is 79.9. The Bertz CT molecular complexity index is 831. The van der Waals surface area contributed by atoms with Crippen LogP contribution in [0.2, 0.25) is 5.02 Å². The van der Waals surface area contributed by atoms with Crippen molar-refractivity contribution in [2.24, 2.45) is 4.99 Å². The van der Waals surface area contributed by atoms with Gasteiger partial charge in [-0.15, -0.1) is 0 Å². The smallest absolute Gasteiger partial charge is 0.363 e. The van der Waals surface area contributed by atoms with E-state index in [0.717, 1.165) is 5.56 Å². The zero-order chi connectivity index (χ0) is 16.4. The molecule has 0 saturated heterocycles. The van der Waals surface area contributed by atoms with E-state index in [9.17, 15) is 4.79 Å². The van der Waals surface area contributed by atoms with Crippen molar-refractivity contribution in [3.63, 3.8) is 0 Å². The molecule has 0 aliphatic carbocycles. The van der Waals surface area contributed by atoms with Gasteiger partial charge in [0.2, 0.25) is 5.90 Å². The second-order valence-corrected chi connectivity index (χ2v) is 6.00. The Morgan fingerprint density at radius 3 is 2.70 bits per heavy atom. The van der Waals surface area contributed by atoms with Crippen molar-refractivity contribution in [2.75, 3.05) is 7.11 Å². The molecule has 116 valence electrons. The molecule has 0 saturated carbocycles. The summed E-state index contributed by atoms with van der Waals surface area (Å²) in [5.41, 5.74) is 1.57. The molecule has 0 amide bonds. The Morgan fingerprint density at radius 1 is 1.26 bits per heavy atom. The number of esters is 1. The van der Waals surface area contributed by atoms with Crippen LogP contribution in [-0.2, 0) is 9.53 Å². The van der Waals surface area contributed by atoms with Gasteiger partial charge in [-0.1, -0.05) is 29.8 Å². The van der Waals surface area contributed by atoms with Gasteiger partial charge in [-0.3, -0.25) is 0 Å². The maximum absolute atomic E-state index is 12.0. The maximum Gasteiger partial charge on any atom is 0.363 e. The van der Waals surface area contributed by atoms with Crippen molar-refractivity contribution in [2.45, 2.75) is 0 Å². The predicted molar refractivity (Wildman–Crippen MR) is 92.8 cm³/mol. The van der Waals surface area contributed by atoms with Gasteiger partial charge < -0.3 is 9.47 Å². The van der Waals surface area contributed by atoms with Crippen LogP contribution in [0.3, 0.4) is 0 Å². The maximum atomic E-state index is 12.0. The molecule has 1 heterocycles. The summed E-state index contributed by atoms with van der Waals surface area (Å²) in [4.78, 5) is 16.3. The fraction of sp³-hybridized carbons (Fsp3) is 0.0588. The number of carbonyl (C=O) groups excluding carboxylic acids is 1. The Morgan fingerprint density at radius 2 is 2.00 bits per heavy atom. The van der Waals surface area contributed by atoms with Crippen LogP contribution in [0.15, 0.2) is 57.6 Å². The molecule has 2 aromatic rings. The second-order valence-electron chi connectivity index (χ2n) is 4.71. The van der Waals surface area contributed by atoms with E-state index >= 15 is 0 Å². The van der Waals surface area contributed by atoms with Gasteiger partial charge in [0.1, 0.15) is 5.75 Å². The van der Waals surface area contributed by atoms with E-state index in [4.69, 9.17) is 21.1 Å². The summed E-state index contributed by atoms with van der Waals surface area (Å²) >= 11 is 9.44. The SMILES string of the molecule is COc1c(Br)cc(Cl)cc1/C=C1\N=C(c2ccccc2)OC1=O. The Balaban J connectivity index is 2.03. The first kappa shape index (κ1) is 15.8. The second kappa shape index (κ2) is 6.56. The van der Waals surface area contributed by atoms with Crippen LogP contribution in [0.4, 0.5) is 0 Å². The summed E-state index contributed by atoms with van der Waals surface area (Å²) in [6.45, 7) is 0. The van der Waals surface area contributed by atoms with Gasteiger partial charge in [-0.2, -0.15) is 0 Å². The van der Waals surface area contributed by atoms with Crippen LogP contribution in [0.5, 0.6) is 5.75 Å². The number of hydrogen-bond acceptors (Lipinski definition) is 4. The van der Waals surface area contributed by atoms with Crippen LogP contribution < -0.4 is 4.74 Å². The molecule has 0 bridgehead atoms. The molecule has 1 aliphatic heterocycles. The minimum absolute atomic E-state index is 0.191. The van der Waals surface area contributed by atoms with Crippen molar-refractivity contribution >= 4 is 45.5 Å². The Kier molecular flexibility index (Phi) is 4.50. The lowest BCUT2D eigenvalue weighted by Gasteiger charge is -2.08. The van der Waals surface area contributed by atoms with E-state index in [1.165, 1.54) is 0 Å². The Labute approximate surface area is 146 Å². The number of benzene rings is 2. The monoisotopic (exact) mass is 391 g/mol. The topological polar surface area (TPSA) is 47.9 Å². The Hall–Kier alpha value is -2.11. The number of nitrogens with zero attached hydrogens (tertiary/aromatic N) is 1. The van der Waals surface area contributed by atoms with E-state index in [2.05, 4.69) is 20.9 Å². The molecule has 0 fully saturated rings. The van der Waals surface area contributed by atoms with Gasteiger partial charge >= 0.3 is 5.97 Å². The normalized spacial score (nSPS) is 15.5. The fourth-order valence-corrected chi connectivity index (χ4v) is 3.16. The van der Waals surface area contributed by atoms with Crippen molar-refractivity contribution in [1.82, 2.24) is 0 Å². The standard InChI is InChI=1S/C17H11BrClNO3/c1-22-15-11(7-12(19)9-13(15)18)8-14-17(21)23-16(20-14)10-5-3-2-4-6-10/h2-9H,1H3/b14-8-. The van der Waals surface area contributed by atoms with E-state index < -0.39 is 5.97 Å². The number of carbonyl (C=O) groups is 1. The highest BCUT2D eigenvalue weighted by Gasteiger charge is 2.24. The molecule has 0 radical (unpaired) electrons. The molecule has 3 rings (SSSR count). The van der Waals surface area contributed by atoms with Gasteiger partial charge in [0.25, 0.3) is 0 Å². The molecule has 6 heteroatoms. The van der Waals surface area contributed by atoms with Crippen molar-refractivity contribution in [1.29, 1.82) is 0 Å². The number of methoxy groups -OCH3 is 1. The van der Waals surface area contributed by atoms with E-state index in [0.29, 0.717) is 20.8 Å². The van der Waals surface area contributed by atoms with Crippen LogP contribution in [0.1, 0.15) is 11.1 Å². The average molecular weight is 393 g/mol. The third-order valence-electron chi connectivity index (χ3n) is 3.17.